The van der Waals surface area contributed by atoms with E-state index in [2.05, 4.69) is 34.1 Å². The van der Waals surface area contributed by atoms with E-state index in [1.807, 2.05) is 41.1 Å². The van der Waals surface area contributed by atoms with Crippen molar-refractivity contribution in [2.45, 2.75) is 38.3 Å². The van der Waals surface area contributed by atoms with Gasteiger partial charge in [0.2, 0.25) is 0 Å². The van der Waals surface area contributed by atoms with E-state index in [-0.39, 0.29) is 5.91 Å². The Labute approximate surface area is 160 Å². The number of nitrogens with zero attached hydrogens (tertiary/aromatic N) is 3. The number of aryl methyl sites for hydroxylation is 1. The molecule has 1 aromatic heterocycles. The molecule has 4 heteroatoms. The topological polar surface area (TPSA) is 38.1 Å². The maximum absolute atomic E-state index is 13.0. The first-order chi connectivity index (χ1) is 13.3. The van der Waals surface area contributed by atoms with Gasteiger partial charge in [0.05, 0.1) is 6.33 Å². The van der Waals surface area contributed by atoms with Gasteiger partial charge in [-0.05, 0) is 48.9 Å². The molecule has 0 spiro atoms. The van der Waals surface area contributed by atoms with Gasteiger partial charge in [-0.15, -0.1) is 0 Å². The average molecular weight is 359 g/mol. The summed E-state index contributed by atoms with van der Waals surface area (Å²) in [5, 5.41) is 0. The minimum Gasteiger partial charge on any atom is -0.336 e. The smallest absolute Gasteiger partial charge is 0.254 e. The van der Waals surface area contributed by atoms with E-state index in [9.17, 15) is 4.79 Å². The van der Waals surface area contributed by atoms with Gasteiger partial charge in [-0.3, -0.25) is 4.79 Å². The molecule has 2 heterocycles. The zero-order valence-electron chi connectivity index (χ0n) is 15.5. The van der Waals surface area contributed by atoms with E-state index < -0.39 is 0 Å². The molecule has 0 aliphatic carbocycles. The Balaban J connectivity index is 1.38. The lowest BCUT2D eigenvalue weighted by Crippen LogP contribution is -2.35. The number of hydrogen-bond acceptors (Lipinski definition) is 2. The fraction of sp³-hybridized carbons (Fsp3) is 0.304. The molecular formula is C23H25N3O. The van der Waals surface area contributed by atoms with Crippen molar-refractivity contribution >= 4 is 5.91 Å². The predicted octanol–water partition coefficient (Wildman–Crippen LogP) is 4.17. The van der Waals surface area contributed by atoms with Gasteiger partial charge in [-0.25, -0.2) is 4.98 Å². The van der Waals surface area contributed by atoms with Crippen molar-refractivity contribution in [2.75, 3.05) is 6.54 Å². The summed E-state index contributed by atoms with van der Waals surface area (Å²) in [6.45, 7) is 1.65. The summed E-state index contributed by atoms with van der Waals surface area (Å²) in [5.41, 5.74) is 3.31. The third-order valence-corrected chi connectivity index (χ3v) is 5.37. The molecule has 0 N–H and O–H groups in total. The minimum atomic E-state index is 0.166. The van der Waals surface area contributed by atoms with E-state index >= 15 is 0 Å². The van der Waals surface area contributed by atoms with Gasteiger partial charge in [-0.1, -0.05) is 42.5 Å². The van der Waals surface area contributed by atoms with Gasteiger partial charge in [0, 0.05) is 37.1 Å². The first-order valence-corrected chi connectivity index (χ1v) is 9.69. The number of carbonyl (C=O) groups is 1. The quantitative estimate of drug-likeness (QED) is 0.662. The van der Waals surface area contributed by atoms with Crippen molar-refractivity contribution in [2.24, 2.45) is 0 Å². The van der Waals surface area contributed by atoms with E-state index in [1.54, 1.807) is 12.5 Å². The second-order valence-electron chi connectivity index (χ2n) is 7.25. The molecule has 1 aliphatic rings. The number of imidazole rings is 1. The van der Waals surface area contributed by atoms with E-state index in [0.717, 1.165) is 44.3 Å². The third-order valence-electron chi connectivity index (χ3n) is 5.37. The summed E-state index contributed by atoms with van der Waals surface area (Å²) in [7, 11) is 0. The standard InChI is InChI=1S/C23H25N3O/c27-23(21-11-8-20(9-12-21)17-25-16-14-24-18-25)26-15-4-7-22(26)13-10-19-5-2-1-3-6-19/h1-3,5-6,8-9,11-12,14,16,18,22H,4,7,10,13,15,17H2. The van der Waals surface area contributed by atoms with Gasteiger partial charge in [0.25, 0.3) is 5.91 Å². The summed E-state index contributed by atoms with van der Waals surface area (Å²) in [6.07, 6.45) is 9.80. The Kier molecular flexibility index (Phi) is 5.33. The Bertz CT molecular complexity index is 856. The molecule has 27 heavy (non-hydrogen) atoms. The van der Waals surface area contributed by atoms with Gasteiger partial charge in [-0.2, -0.15) is 0 Å². The summed E-state index contributed by atoms with van der Waals surface area (Å²) < 4.78 is 2.02. The van der Waals surface area contributed by atoms with Crippen molar-refractivity contribution in [1.82, 2.24) is 14.5 Å². The third kappa shape index (κ3) is 4.27. The van der Waals surface area contributed by atoms with Crippen LogP contribution in [-0.2, 0) is 13.0 Å². The number of benzene rings is 2. The number of likely N-dealkylation sites (tertiary alicyclic amines) is 1. The van der Waals surface area contributed by atoms with Crippen LogP contribution < -0.4 is 0 Å². The Morgan fingerprint density at radius 2 is 1.85 bits per heavy atom. The second kappa shape index (κ2) is 8.21. The van der Waals surface area contributed by atoms with Crippen LogP contribution in [0.4, 0.5) is 0 Å². The molecule has 1 atom stereocenters. The van der Waals surface area contributed by atoms with E-state index in [0.29, 0.717) is 6.04 Å². The van der Waals surface area contributed by atoms with Crippen molar-refractivity contribution in [1.29, 1.82) is 0 Å². The Hall–Kier alpha value is -2.88. The van der Waals surface area contributed by atoms with Crippen LogP contribution in [0, 0.1) is 0 Å². The number of aromatic nitrogens is 2. The van der Waals surface area contributed by atoms with Crippen LogP contribution in [-0.4, -0.2) is 32.9 Å². The zero-order valence-corrected chi connectivity index (χ0v) is 15.5. The molecule has 0 saturated carbocycles. The van der Waals surface area contributed by atoms with Crippen molar-refractivity contribution in [3.63, 3.8) is 0 Å². The number of hydrogen-bond donors (Lipinski definition) is 0. The molecule has 2 aromatic carbocycles. The molecule has 4 nitrogen and oxygen atoms in total. The maximum Gasteiger partial charge on any atom is 0.254 e. The fourth-order valence-corrected chi connectivity index (χ4v) is 3.89. The molecule has 0 bridgehead atoms. The molecule has 1 amide bonds. The second-order valence-corrected chi connectivity index (χ2v) is 7.25. The first kappa shape index (κ1) is 17.5. The van der Waals surface area contributed by atoms with Gasteiger partial charge in [0.15, 0.2) is 0 Å². The van der Waals surface area contributed by atoms with Crippen LogP contribution in [0.15, 0.2) is 73.3 Å². The summed E-state index contributed by atoms with van der Waals surface area (Å²) in [5.74, 6) is 0.166. The Morgan fingerprint density at radius 3 is 2.59 bits per heavy atom. The van der Waals surface area contributed by atoms with Gasteiger partial charge in [0.1, 0.15) is 0 Å². The molecule has 1 saturated heterocycles. The van der Waals surface area contributed by atoms with E-state index in [1.165, 1.54) is 11.1 Å². The largest absolute Gasteiger partial charge is 0.336 e. The maximum atomic E-state index is 13.0. The first-order valence-electron chi connectivity index (χ1n) is 9.69. The highest BCUT2D eigenvalue weighted by molar-refractivity contribution is 5.94. The fourth-order valence-electron chi connectivity index (χ4n) is 3.89. The van der Waals surface area contributed by atoms with Crippen molar-refractivity contribution in [3.8, 4) is 0 Å². The summed E-state index contributed by atoms with van der Waals surface area (Å²) in [6, 6.07) is 18.9. The predicted molar refractivity (Wildman–Crippen MR) is 107 cm³/mol. The Morgan fingerprint density at radius 1 is 1.04 bits per heavy atom. The number of carbonyl (C=O) groups excluding carboxylic acids is 1. The lowest BCUT2D eigenvalue weighted by Gasteiger charge is -2.25. The SMILES string of the molecule is O=C(c1ccc(Cn2ccnc2)cc1)N1CCCC1CCc1ccccc1. The molecular weight excluding hydrogens is 334 g/mol. The molecule has 3 aromatic rings. The normalized spacial score (nSPS) is 16.6. The van der Waals surface area contributed by atoms with Crippen LogP contribution >= 0.6 is 0 Å². The highest BCUT2D eigenvalue weighted by Crippen LogP contribution is 2.24. The van der Waals surface area contributed by atoms with E-state index in [4.69, 9.17) is 0 Å². The molecule has 0 radical (unpaired) electrons. The van der Waals surface area contributed by atoms with Gasteiger partial charge >= 0.3 is 0 Å². The van der Waals surface area contributed by atoms with Gasteiger partial charge < -0.3 is 9.47 Å². The molecule has 4 rings (SSSR count). The summed E-state index contributed by atoms with van der Waals surface area (Å²) in [4.78, 5) is 19.2. The molecule has 138 valence electrons. The van der Waals surface area contributed by atoms with Crippen LogP contribution in [0.5, 0.6) is 0 Å². The molecule has 1 unspecified atom stereocenters. The van der Waals surface area contributed by atoms with Crippen LogP contribution in [0.25, 0.3) is 0 Å². The zero-order chi connectivity index (χ0) is 18.5. The average Bonchev–Trinajstić information content (AvgIpc) is 3.39. The van der Waals surface area contributed by atoms with Crippen LogP contribution in [0.3, 0.4) is 0 Å². The van der Waals surface area contributed by atoms with Crippen LogP contribution in [0.2, 0.25) is 0 Å². The van der Waals surface area contributed by atoms with Crippen LogP contribution in [0.1, 0.15) is 40.7 Å². The minimum absolute atomic E-state index is 0.166. The monoisotopic (exact) mass is 359 g/mol. The summed E-state index contributed by atoms with van der Waals surface area (Å²) >= 11 is 0. The van der Waals surface area contributed by atoms with Crippen molar-refractivity contribution < 1.29 is 4.79 Å². The lowest BCUT2D eigenvalue weighted by atomic mass is 10.0. The van der Waals surface area contributed by atoms with Crippen molar-refractivity contribution in [3.05, 3.63) is 90.0 Å². The molecule has 1 fully saturated rings. The highest BCUT2D eigenvalue weighted by atomic mass is 16.2. The highest BCUT2D eigenvalue weighted by Gasteiger charge is 2.28. The molecule has 1 aliphatic heterocycles. The lowest BCUT2D eigenvalue weighted by molar-refractivity contribution is 0.0730. The number of rotatable bonds is 6. The number of amides is 1.